The van der Waals surface area contributed by atoms with E-state index in [9.17, 15) is 9.59 Å². The maximum Gasteiger partial charge on any atom is 0.279 e. The maximum atomic E-state index is 13.5. The van der Waals surface area contributed by atoms with Gasteiger partial charge in [-0.3, -0.25) is 14.3 Å². The Labute approximate surface area is 176 Å². The van der Waals surface area contributed by atoms with E-state index in [-0.39, 0.29) is 5.56 Å². The van der Waals surface area contributed by atoms with Crippen LogP contribution in [-0.2, 0) is 18.3 Å². The monoisotopic (exact) mass is 410 g/mol. The highest BCUT2D eigenvalue weighted by molar-refractivity contribution is 6.02. The summed E-state index contributed by atoms with van der Waals surface area (Å²) in [6.07, 6.45) is 0.809. The number of nitrogens with zero attached hydrogens (tertiary/aromatic N) is 3. The van der Waals surface area contributed by atoms with Crippen LogP contribution in [-0.4, -0.2) is 33.1 Å². The molecule has 0 bridgehead atoms. The highest BCUT2D eigenvalue weighted by Crippen LogP contribution is 2.33. The topological polar surface area (TPSA) is 84.2 Å². The second-order valence-corrected chi connectivity index (χ2v) is 7.42. The number of para-hydroxylation sites is 1. The fraction of sp³-hybridized carbons (Fsp3) is 0.391. The smallest absolute Gasteiger partial charge is 0.279 e. The van der Waals surface area contributed by atoms with Crippen molar-refractivity contribution in [2.45, 2.75) is 40.7 Å². The summed E-state index contributed by atoms with van der Waals surface area (Å²) >= 11 is 0. The molecule has 0 spiro atoms. The van der Waals surface area contributed by atoms with Gasteiger partial charge in [-0.1, -0.05) is 18.2 Å². The Morgan fingerprint density at radius 1 is 1.03 bits per heavy atom. The fourth-order valence-electron chi connectivity index (χ4n) is 4.15. The van der Waals surface area contributed by atoms with Gasteiger partial charge in [0.2, 0.25) is 0 Å². The van der Waals surface area contributed by atoms with E-state index in [0.29, 0.717) is 36.4 Å². The molecule has 30 heavy (non-hydrogen) atoms. The van der Waals surface area contributed by atoms with Crippen molar-refractivity contribution < 1.29 is 9.53 Å². The highest BCUT2D eigenvalue weighted by atomic mass is 16.5. The molecular weight excluding hydrogens is 380 g/mol. The minimum absolute atomic E-state index is 0.168. The molecule has 2 heterocycles. The van der Waals surface area contributed by atoms with Crippen molar-refractivity contribution >= 4 is 5.91 Å². The van der Waals surface area contributed by atoms with Gasteiger partial charge in [-0.15, -0.1) is 0 Å². The van der Waals surface area contributed by atoms with Crippen LogP contribution in [0.25, 0.3) is 16.8 Å². The second-order valence-electron chi connectivity index (χ2n) is 7.42. The van der Waals surface area contributed by atoms with Crippen LogP contribution < -0.4 is 11.3 Å². The molecule has 3 aromatic rings. The van der Waals surface area contributed by atoms with E-state index in [1.54, 1.807) is 4.68 Å². The van der Waals surface area contributed by atoms with Crippen LogP contribution in [0, 0.1) is 20.8 Å². The lowest BCUT2D eigenvalue weighted by molar-refractivity contribution is 0.1000. The SMILES string of the molecule is CCOCCCn1c(C)c(C(N)=O)c(-c2c(C)n(C)n(-c3ccccc3)c2=O)c1C. The minimum Gasteiger partial charge on any atom is -0.382 e. The summed E-state index contributed by atoms with van der Waals surface area (Å²) in [5.74, 6) is -0.525. The third-order valence-corrected chi connectivity index (χ3v) is 5.71. The predicted molar refractivity (Wildman–Crippen MR) is 118 cm³/mol. The number of ether oxygens (including phenoxy) is 1. The van der Waals surface area contributed by atoms with Crippen molar-refractivity contribution in [2.75, 3.05) is 13.2 Å². The number of aromatic nitrogens is 3. The molecule has 0 saturated heterocycles. The lowest BCUT2D eigenvalue weighted by Crippen LogP contribution is -2.20. The molecule has 0 aliphatic heterocycles. The molecular formula is C23H30N4O3. The number of amides is 1. The summed E-state index contributed by atoms with van der Waals surface area (Å²) in [5, 5.41) is 0. The molecule has 1 amide bonds. The molecule has 7 nitrogen and oxygen atoms in total. The number of primary amides is 1. The lowest BCUT2D eigenvalue weighted by Gasteiger charge is -2.09. The maximum absolute atomic E-state index is 13.5. The van der Waals surface area contributed by atoms with Gasteiger partial charge < -0.3 is 15.0 Å². The molecule has 0 radical (unpaired) electrons. The Kier molecular flexibility index (Phi) is 6.31. The van der Waals surface area contributed by atoms with E-state index in [1.807, 2.05) is 69.8 Å². The average Bonchev–Trinajstić information content (AvgIpc) is 3.09. The Bertz CT molecular complexity index is 1120. The van der Waals surface area contributed by atoms with Crippen LogP contribution >= 0.6 is 0 Å². The number of nitrogens with two attached hydrogens (primary N) is 1. The number of rotatable bonds is 8. The highest BCUT2D eigenvalue weighted by Gasteiger charge is 2.28. The molecule has 3 rings (SSSR count). The first kappa shape index (κ1) is 21.6. The summed E-state index contributed by atoms with van der Waals surface area (Å²) in [4.78, 5) is 25.9. The van der Waals surface area contributed by atoms with Gasteiger partial charge in [0.05, 0.1) is 16.8 Å². The van der Waals surface area contributed by atoms with E-state index < -0.39 is 5.91 Å². The zero-order valence-corrected chi connectivity index (χ0v) is 18.4. The quantitative estimate of drug-likeness (QED) is 0.579. The minimum atomic E-state index is -0.525. The number of hydrogen-bond acceptors (Lipinski definition) is 3. The number of benzene rings is 1. The van der Waals surface area contributed by atoms with E-state index in [4.69, 9.17) is 10.5 Å². The summed E-state index contributed by atoms with van der Waals surface area (Å²) in [6.45, 7) is 9.67. The Hall–Kier alpha value is -3.06. The van der Waals surface area contributed by atoms with Gasteiger partial charge >= 0.3 is 0 Å². The molecule has 0 saturated carbocycles. The number of hydrogen-bond donors (Lipinski definition) is 1. The zero-order chi connectivity index (χ0) is 22.0. The van der Waals surface area contributed by atoms with Crippen molar-refractivity contribution in [1.82, 2.24) is 13.9 Å². The molecule has 0 fully saturated rings. The van der Waals surface area contributed by atoms with Gasteiger partial charge in [-0.05, 0) is 46.2 Å². The van der Waals surface area contributed by atoms with Gasteiger partial charge in [0.25, 0.3) is 11.5 Å². The van der Waals surface area contributed by atoms with E-state index in [1.165, 1.54) is 0 Å². The van der Waals surface area contributed by atoms with Crippen LogP contribution in [0.1, 0.15) is 40.8 Å². The average molecular weight is 411 g/mol. The zero-order valence-electron chi connectivity index (χ0n) is 18.4. The standard InChI is InChI=1S/C23H30N4O3/c1-6-30-14-10-13-26-16(3)19(20(17(26)4)22(24)28)21-15(2)25(5)27(23(21)29)18-11-8-7-9-12-18/h7-9,11-12H,6,10,13-14H2,1-5H3,(H2,24,28). The molecule has 0 aliphatic carbocycles. The summed E-state index contributed by atoms with van der Waals surface area (Å²) in [7, 11) is 1.85. The molecule has 0 unspecified atom stereocenters. The van der Waals surface area contributed by atoms with Crippen molar-refractivity contribution in [2.24, 2.45) is 12.8 Å². The number of carbonyl (C=O) groups excluding carboxylic acids is 1. The van der Waals surface area contributed by atoms with Crippen molar-refractivity contribution in [1.29, 1.82) is 0 Å². The third kappa shape index (κ3) is 3.61. The molecule has 1 aromatic carbocycles. The van der Waals surface area contributed by atoms with E-state index in [0.717, 1.165) is 29.2 Å². The van der Waals surface area contributed by atoms with Crippen molar-refractivity contribution in [3.05, 3.63) is 63.3 Å². The Balaban J connectivity index is 2.21. The second kappa shape index (κ2) is 8.75. The van der Waals surface area contributed by atoms with Crippen LogP contribution in [0.3, 0.4) is 0 Å². The van der Waals surface area contributed by atoms with Gasteiger partial charge in [0.1, 0.15) is 0 Å². The first-order valence-corrected chi connectivity index (χ1v) is 10.2. The molecule has 2 N–H and O–H groups in total. The summed E-state index contributed by atoms with van der Waals surface area (Å²) in [6, 6.07) is 9.46. The van der Waals surface area contributed by atoms with E-state index in [2.05, 4.69) is 4.57 Å². The first-order valence-electron chi connectivity index (χ1n) is 10.2. The van der Waals surface area contributed by atoms with Crippen LogP contribution in [0.5, 0.6) is 0 Å². The van der Waals surface area contributed by atoms with E-state index >= 15 is 0 Å². The summed E-state index contributed by atoms with van der Waals surface area (Å²) < 4.78 is 11.0. The molecule has 160 valence electrons. The van der Waals surface area contributed by atoms with Gasteiger partial charge in [0.15, 0.2) is 0 Å². The van der Waals surface area contributed by atoms with Crippen molar-refractivity contribution in [3.8, 4) is 16.8 Å². The molecule has 2 aromatic heterocycles. The third-order valence-electron chi connectivity index (χ3n) is 5.71. The largest absolute Gasteiger partial charge is 0.382 e. The lowest BCUT2D eigenvalue weighted by atomic mass is 10.0. The predicted octanol–water partition coefficient (Wildman–Crippen LogP) is 3.10. The first-order chi connectivity index (χ1) is 14.3. The molecule has 7 heteroatoms. The van der Waals surface area contributed by atoms with Gasteiger partial charge in [0, 0.05) is 49.5 Å². The molecule has 0 atom stereocenters. The van der Waals surface area contributed by atoms with Gasteiger partial charge in [-0.2, -0.15) is 0 Å². The normalized spacial score (nSPS) is 11.2. The summed E-state index contributed by atoms with van der Waals surface area (Å²) in [5.41, 5.74) is 10.4. The van der Waals surface area contributed by atoms with Gasteiger partial charge in [-0.25, -0.2) is 4.68 Å². The molecule has 0 aliphatic rings. The van der Waals surface area contributed by atoms with Crippen LogP contribution in [0.4, 0.5) is 0 Å². The van der Waals surface area contributed by atoms with Crippen molar-refractivity contribution in [3.63, 3.8) is 0 Å². The van der Waals surface area contributed by atoms with Crippen LogP contribution in [0.2, 0.25) is 0 Å². The fourth-order valence-corrected chi connectivity index (χ4v) is 4.15. The Morgan fingerprint density at radius 2 is 1.70 bits per heavy atom. The Morgan fingerprint density at radius 3 is 2.30 bits per heavy atom. The number of carbonyl (C=O) groups is 1. The van der Waals surface area contributed by atoms with Crippen LogP contribution in [0.15, 0.2) is 35.1 Å².